The third-order valence-electron chi connectivity index (χ3n) is 8.00. The molecule has 5 aliphatic rings. The Morgan fingerprint density at radius 2 is 1.52 bits per heavy atom. The number of carbonyl (C=O) groups is 4. The highest BCUT2D eigenvalue weighted by Gasteiger charge is 2.53. The minimum Gasteiger partial charge on any atom is -0.352 e. The molecule has 4 bridgehead atoms. The van der Waals surface area contributed by atoms with E-state index in [1.165, 1.54) is 19.3 Å². The molecule has 5 fully saturated rings. The maximum atomic E-state index is 12.8. The van der Waals surface area contributed by atoms with E-state index < -0.39 is 24.4 Å². The molecule has 5 amide bonds. The Bertz CT molecular complexity index is 893. The number of rotatable bonds is 6. The van der Waals surface area contributed by atoms with Gasteiger partial charge in [-0.3, -0.25) is 19.3 Å². The Morgan fingerprint density at radius 1 is 0.968 bits per heavy atom. The molecule has 1 heterocycles. The third-order valence-corrected chi connectivity index (χ3v) is 8.00. The first-order valence-corrected chi connectivity index (χ1v) is 11.4. The van der Waals surface area contributed by atoms with E-state index in [2.05, 4.69) is 12.2 Å². The number of carbonyl (C=O) groups excluding carboxylic acids is 4. The van der Waals surface area contributed by atoms with Gasteiger partial charge in [-0.05, 0) is 74.2 Å². The topological polar surface area (TPSA) is 86.8 Å². The van der Waals surface area contributed by atoms with Gasteiger partial charge in [-0.1, -0.05) is 30.3 Å². The van der Waals surface area contributed by atoms with Crippen molar-refractivity contribution in [2.75, 3.05) is 6.54 Å². The van der Waals surface area contributed by atoms with Crippen LogP contribution in [0.1, 0.15) is 51.0 Å². The highest BCUT2D eigenvalue weighted by molar-refractivity contribution is 6.44. The van der Waals surface area contributed by atoms with Gasteiger partial charge in [-0.2, -0.15) is 0 Å². The summed E-state index contributed by atoms with van der Waals surface area (Å²) in [7, 11) is 0. The van der Waals surface area contributed by atoms with Gasteiger partial charge in [-0.25, -0.2) is 9.69 Å². The molecule has 6 rings (SSSR count). The van der Waals surface area contributed by atoms with Crippen molar-refractivity contribution in [1.29, 1.82) is 0 Å². The quantitative estimate of drug-likeness (QED) is 0.563. The van der Waals surface area contributed by atoms with E-state index >= 15 is 0 Å². The molecule has 1 aromatic carbocycles. The smallest absolute Gasteiger partial charge is 0.335 e. The van der Waals surface area contributed by atoms with Crippen LogP contribution in [0.25, 0.3) is 0 Å². The molecule has 7 nitrogen and oxygen atoms in total. The fraction of sp³-hybridized carbons (Fsp3) is 0.583. The number of urea groups is 1. The number of nitrogens with one attached hydrogen (secondary N) is 1. The van der Waals surface area contributed by atoms with Crippen LogP contribution in [0.5, 0.6) is 0 Å². The fourth-order valence-electron chi connectivity index (χ4n) is 6.89. The van der Waals surface area contributed by atoms with Crippen molar-refractivity contribution in [1.82, 2.24) is 15.1 Å². The van der Waals surface area contributed by atoms with Gasteiger partial charge >= 0.3 is 17.8 Å². The van der Waals surface area contributed by atoms with Crippen LogP contribution < -0.4 is 5.32 Å². The lowest BCUT2D eigenvalue weighted by atomic mass is 9.48. The van der Waals surface area contributed by atoms with Gasteiger partial charge in [-0.15, -0.1) is 0 Å². The van der Waals surface area contributed by atoms with Gasteiger partial charge in [0.2, 0.25) is 5.91 Å². The maximum absolute atomic E-state index is 12.8. The summed E-state index contributed by atoms with van der Waals surface area (Å²) in [5.74, 6) is 0.137. The van der Waals surface area contributed by atoms with Gasteiger partial charge < -0.3 is 5.32 Å². The molecule has 1 saturated heterocycles. The number of hydrogen-bond acceptors (Lipinski definition) is 4. The summed E-state index contributed by atoms with van der Waals surface area (Å²) in [6.45, 7) is 1.67. The molecule has 1 aromatic rings. The monoisotopic (exact) mass is 423 g/mol. The number of imide groups is 2. The zero-order valence-corrected chi connectivity index (χ0v) is 17.9. The normalized spacial score (nSPS) is 32.7. The summed E-state index contributed by atoms with van der Waals surface area (Å²) < 4.78 is 0. The van der Waals surface area contributed by atoms with Crippen LogP contribution in [0, 0.1) is 23.2 Å². The minimum atomic E-state index is -0.932. The molecule has 0 aromatic heterocycles. The number of benzene rings is 1. The summed E-state index contributed by atoms with van der Waals surface area (Å²) in [5, 5.41) is 3.07. The number of nitrogens with zero attached hydrogens (tertiary/aromatic N) is 2. The molecule has 31 heavy (non-hydrogen) atoms. The molecule has 164 valence electrons. The van der Waals surface area contributed by atoms with Crippen molar-refractivity contribution in [3.8, 4) is 0 Å². The molecule has 0 radical (unpaired) electrons. The van der Waals surface area contributed by atoms with Crippen LogP contribution in [0.4, 0.5) is 4.79 Å². The summed E-state index contributed by atoms with van der Waals surface area (Å²) in [5.41, 5.74) is 0.886. The number of hydrogen-bond donors (Lipinski definition) is 1. The predicted molar refractivity (Wildman–Crippen MR) is 112 cm³/mol. The first-order chi connectivity index (χ1) is 14.8. The number of amides is 5. The minimum absolute atomic E-state index is 0.00247. The van der Waals surface area contributed by atoms with Crippen LogP contribution in [0.2, 0.25) is 0 Å². The molecule has 4 aliphatic carbocycles. The Balaban J connectivity index is 1.22. The van der Waals surface area contributed by atoms with Gasteiger partial charge in [0.1, 0.15) is 6.54 Å². The lowest BCUT2D eigenvalue weighted by Crippen LogP contribution is -2.57. The second kappa shape index (κ2) is 7.46. The highest BCUT2D eigenvalue weighted by Crippen LogP contribution is 2.61. The second-order valence-electron chi connectivity index (χ2n) is 10.1. The lowest BCUT2D eigenvalue weighted by molar-refractivity contribution is -0.144. The van der Waals surface area contributed by atoms with Crippen molar-refractivity contribution in [2.24, 2.45) is 23.2 Å². The van der Waals surface area contributed by atoms with E-state index in [9.17, 15) is 19.2 Å². The van der Waals surface area contributed by atoms with Crippen LogP contribution in [0.3, 0.4) is 0 Å². The van der Waals surface area contributed by atoms with Gasteiger partial charge in [0.25, 0.3) is 0 Å². The SMILES string of the molecule is C[C@@H](NC(=O)CN1C(=O)C(=O)N(Cc2ccccc2)C1=O)C12CC3CC(CC(C3)C1)C2. The Morgan fingerprint density at radius 3 is 2.10 bits per heavy atom. The fourth-order valence-corrected chi connectivity index (χ4v) is 6.89. The zero-order chi connectivity index (χ0) is 21.8. The molecule has 7 heteroatoms. The summed E-state index contributed by atoms with van der Waals surface area (Å²) in [6, 6.07) is 8.29. The zero-order valence-electron chi connectivity index (χ0n) is 17.9. The van der Waals surface area contributed by atoms with E-state index in [1.807, 2.05) is 6.07 Å². The first kappa shape index (κ1) is 20.2. The Kier molecular flexibility index (Phi) is 4.87. The van der Waals surface area contributed by atoms with E-state index in [0.717, 1.165) is 52.4 Å². The first-order valence-electron chi connectivity index (χ1n) is 11.4. The van der Waals surface area contributed by atoms with Crippen molar-refractivity contribution in [3.05, 3.63) is 35.9 Å². The van der Waals surface area contributed by atoms with Crippen LogP contribution in [-0.4, -0.2) is 46.1 Å². The molecule has 0 unspecified atom stereocenters. The van der Waals surface area contributed by atoms with Crippen molar-refractivity contribution in [2.45, 2.75) is 58.0 Å². The van der Waals surface area contributed by atoms with E-state index in [1.54, 1.807) is 24.3 Å². The van der Waals surface area contributed by atoms with Gasteiger partial charge in [0, 0.05) is 6.04 Å². The third kappa shape index (κ3) is 3.54. The molecule has 1 aliphatic heterocycles. The van der Waals surface area contributed by atoms with Crippen LogP contribution in [0.15, 0.2) is 30.3 Å². The van der Waals surface area contributed by atoms with Crippen molar-refractivity contribution in [3.63, 3.8) is 0 Å². The molecule has 1 atom stereocenters. The molecule has 4 saturated carbocycles. The molecule has 0 spiro atoms. The average Bonchev–Trinajstić information content (AvgIpc) is 2.92. The van der Waals surface area contributed by atoms with E-state index in [-0.39, 0.29) is 23.9 Å². The van der Waals surface area contributed by atoms with Crippen molar-refractivity contribution < 1.29 is 19.2 Å². The predicted octanol–water partition coefficient (Wildman–Crippen LogP) is 2.70. The second-order valence-corrected chi connectivity index (χ2v) is 10.1. The average molecular weight is 424 g/mol. The Hall–Kier alpha value is -2.70. The molecular weight excluding hydrogens is 394 g/mol. The van der Waals surface area contributed by atoms with Crippen LogP contribution >= 0.6 is 0 Å². The van der Waals surface area contributed by atoms with Gasteiger partial charge in [0.15, 0.2) is 0 Å². The van der Waals surface area contributed by atoms with Crippen molar-refractivity contribution >= 4 is 23.8 Å². The highest BCUT2D eigenvalue weighted by atomic mass is 16.2. The lowest BCUT2D eigenvalue weighted by Gasteiger charge is -2.59. The summed E-state index contributed by atoms with van der Waals surface area (Å²) in [6.07, 6.45) is 7.46. The van der Waals surface area contributed by atoms with E-state index in [0.29, 0.717) is 0 Å². The molecule has 1 N–H and O–H groups in total. The maximum Gasteiger partial charge on any atom is 0.335 e. The van der Waals surface area contributed by atoms with E-state index in [4.69, 9.17) is 0 Å². The standard InChI is InChI=1S/C24H29N3O4/c1-15(24-10-17-7-18(11-24)9-19(8-17)12-24)25-20(28)14-27-22(30)21(29)26(23(27)31)13-16-5-3-2-4-6-16/h2-6,15,17-19H,7-14H2,1H3,(H,25,28)/t15-,17?,18?,19?,24?/m1/s1. The Labute approximate surface area is 182 Å². The molecular formula is C24H29N3O4. The summed E-state index contributed by atoms with van der Waals surface area (Å²) in [4.78, 5) is 51.9. The van der Waals surface area contributed by atoms with Gasteiger partial charge in [0.05, 0.1) is 6.54 Å². The van der Waals surface area contributed by atoms with Crippen LogP contribution in [-0.2, 0) is 20.9 Å². The summed E-state index contributed by atoms with van der Waals surface area (Å²) >= 11 is 0. The largest absolute Gasteiger partial charge is 0.352 e.